The van der Waals surface area contributed by atoms with Crippen molar-refractivity contribution >= 4 is 11.7 Å². The van der Waals surface area contributed by atoms with Crippen LogP contribution in [-0.2, 0) is 4.79 Å². The zero-order chi connectivity index (χ0) is 16.1. The van der Waals surface area contributed by atoms with Gasteiger partial charge in [0.25, 0.3) is 0 Å². The first-order valence-corrected chi connectivity index (χ1v) is 6.87. The van der Waals surface area contributed by atoms with Gasteiger partial charge in [-0.3, -0.25) is 0 Å². The molecule has 0 aliphatic heterocycles. The largest absolute Gasteiger partial charge is 0.497 e. The molecule has 0 fully saturated rings. The summed E-state index contributed by atoms with van der Waals surface area (Å²) in [6, 6.07) is 15.6. The van der Waals surface area contributed by atoms with E-state index in [1.54, 1.807) is 37.3 Å². The molecule has 0 spiro atoms. The fraction of sp³-hybridized carbons (Fsp3) is 0.235. The quantitative estimate of drug-likeness (QED) is 0.857. The number of carboxylic acids is 1. The van der Waals surface area contributed by atoms with E-state index in [-0.39, 0.29) is 0 Å². The number of hydrogen-bond acceptors (Lipinski definition) is 4. The van der Waals surface area contributed by atoms with Crippen LogP contribution in [-0.4, -0.2) is 36.4 Å². The Balaban J connectivity index is 2.41. The summed E-state index contributed by atoms with van der Waals surface area (Å²) in [5.74, 6) is -0.593. The highest BCUT2D eigenvalue weighted by Crippen LogP contribution is 2.30. The topological polar surface area (TPSA) is 70.0 Å². The normalized spacial score (nSPS) is 13.2. The van der Waals surface area contributed by atoms with Gasteiger partial charge in [-0.05, 0) is 17.7 Å². The van der Waals surface area contributed by atoms with Gasteiger partial charge in [-0.15, -0.1) is 0 Å². The number of aliphatic carboxylic acids is 1. The number of aliphatic hydroxyl groups excluding tert-OH is 1. The summed E-state index contributed by atoms with van der Waals surface area (Å²) in [6.45, 7) is 0. The first-order valence-electron chi connectivity index (χ1n) is 6.87. The number of methoxy groups -OCH3 is 1. The van der Waals surface area contributed by atoms with Gasteiger partial charge in [-0.1, -0.05) is 36.4 Å². The molecule has 5 heteroatoms. The Bertz CT molecular complexity index is 630. The molecule has 22 heavy (non-hydrogen) atoms. The molecule has 116 valence electrons. The van der Waals surface area contributed by atoms with Crippen LogP contribution >= 0.6 is 0 Å². The van der Waals surface area contributed by atoms with Gasteiger partial charge in [0.1, 0.15) is 5.75 Å². The lowest BCUT2D eigenvalue weighted by Crippen LogP contribution is -2.38. The lowest BCUT2D eigenvalue weighted by Gasteiger charge is -2.32. The van der Waals surface area contributed by atoms with Crippen molar-refractivity contribution in [2.24, 2.45) is 0 Å². The lowest BCUT2D eigenvalue weighted by molar-refractivity contribution is -0.147. The van der Waals surface area contributed by atoms with Crippen LogP contribution in [0.5, 0.6) is 5.75 Å². The minimum absolute atomic E-state index is 0.668. The summed E-state index contributed by atoms with van der Waals surface area (Å²) in [7, 11) is 3.32. The van der Waals surface area contributed by atoms with E-state index < -0.39 is 18.1 Å². The molecule has 0 aromatic heterocycles. The Morgan fingerprint density at radius 3 is 2.41 bits per heavy atom. The van der Waals surface area contributed by atoms with Gasteiger partial charge in [0.2, 0.25) is 0 Å². The summed E-state index contributed by atoms with van der Waals surface area (Å²) in [5.41, 5.74) is 1.48. The average molecular weight is 301 g/mol. The second kappa shape index (κ2) is 6.95. The Hall–Kier alpha value is -2.53. The summed E-state index contributed by atoms with van der Waals surface area (Å²) in [6.07, 6.45) is -1.54. The molecule has 0 aliphatic rings. The summed E-state index contributed by atoms with van der Waals surface area (Å²) in [5, 5.41) is 19.3. The highest BCUT2D eigenvalue weighted by molar-refractivity contribution is 5.74. The number of carbonyl (C=O) groups is 1. The van der Waals surface area contributed by atoms with Crippen LogP contribution in [0, 0.1) is 0 Å². The zero-order valence-corrected chi connectivity index (χ0v) is 12.5. The summed E-state index contributed by atoms with van der Waals surface area (Å²) >= 11 is 0. The van der Waals surface area contributed by atoms with Crippen LogP contribution in [0.25, 0.3) is 0 Å². The van der Waals surface area contributed by atoms with E-state index in [1.807, 2.05) is 36.4 Å². The van der Waals surface area contributed by atoms with E-state index in [4.69, 9.17) is 4.74 Å². The van der Waals surface area contributed by atoms with E-state index in [0.29, 0.717) is 5.75 Å². The molecule has 2 rings (SSSR count). The first-order chi connectivity index (χ1) is 10.5. The third-order valence-electron chi connectivity index (χ3n) is 3.57. The van der Waals surface area contributed by atoms with Gasteiger partial charge in [0.15, 0.2) is 6.10 Å². The fourth-order valence-corrected chi connectivity index (χ4v) is 2.39. The molecule has 0 aliphatic carbocycles. The Labute approximate surface area is 129 Å². The predicted octanol–water partition coefficient (Wildman–Crippen LogP) is 2.32. The summed E-state index contributed by atoms with van der Waals surface area (Å²) in [4.78, 5) is 13.0. The summed E-state index contributed by atoms with van der Waals surface area (Å²) < 4.78 is 5.19. The van der Waals surface area contributed by atoms with Gasteiger partial charge >= 0.3 is 5.97 Å². The molecular formula is C17H19NO4. The minimum Gasteiger partial charge on any atom is -0.497 e. The van der Waals surface area contributed by atoms with E-state index in [9.17, 15) is 15.0 Å². The first kappa shape index (κ1) is 15.9. The van der Waals surface area contributed by atoms with Crippen molar-refractivity contribution in [3.8, 4) is 5.75 Å². The molecule has 0 bridgehead atoms. The van der Waals surface area contributed by atoms with E-state index in [0.717, 1.165) is 11.3 Å². The molecule has 2 N–H and O–H groups in total. The number of rotatable bonds is 6. The van der Waals surface area contributed by atoms with Crippen LogP contribution in [0.4, 0.5) is 5.69 Å². The number of benzene rings is 2. The number of nitrogens with zero attached hydrogens (tertiary/aromatic N) is 1. The van der Waals surface area contributed by atoms with Gasteiger partial charge in [0.05, 0.1) is 13.2 Å². The van der Waals surface area contributed by atoms with Crippen LogP contribution in [0.15, 0.2) is 54.6 Å². The number of hydrogen-bond donors (Lipinski definition) is 2. The molecule has 2 aromatic rings. The third-order valence-corrected chi connectivity index (χ3v) is 3.57. The molecule has 0 heterocycles. The van der Waals surface area contributed by atoms with Crippen LogP contribution in [0.2, 0.25) is 0 Å². The number of ether oxygens (including phenoxy) is 1. The van der Waals surface area contributed by atoms with Crippen molar-refractivity contribution in [2.75, 3.05) is 19.1 Å². The fourth-order valence-electron chi connectivity index (χ4n) is 2.39. The van der Waals surface area contributed by atoms with Gasteiger partial charge in [0, 0.05) is 18.8 Å². The van der Waals surface area contributed by atoms with Crippen molar-refractivity contribution in [1.82, 2.24) is 0 Å². The molecule has 5 nitrogen and oxygen atoms in total. The predicted molar refractivity (Wildman–Crippen MR) is 84.2 cm³/mol. The second-order valence-corrected chi connectivity index (χ2v) is 4.95. The van der Waals surface area contributed by atoms with Crippen molar-refractivity contribution in [3.05, 3.63) is 60.2 Å². The molecule has 0 amide bonds. The minimum atomic E-state index is -1.54. The molecule has 0 saturated heterocycles. The maximum Gasteiger partial charge on any atom is 0.335 e. The number of carboxylic acid groups (broad SMARTS) is 1. The van der Waals surface area contributed by atoms with Gasteiger partial charge < -0.3 is 19.8 Å². The number of likely N-dealkylation sites (N-methyl/N-ethyl adjacent to an activating group) is 1. The molecule has 0 saturated carbocycles. The van der Waals surface area contributed by atoms with Crippen LogP contribution < -0.4 is 9.64 Å². The van der Waals surface area contributed by atoms with Crippen molar-refractivity contribution in [2.45, 2.75) is 12.1 Å². The Morgan fingerprint density at radius 1 is 1.14 bits per heavy atom. The highest BCUT2D eigenvalue weighted by Gasteiger charge is 2.31. The molecule has 2 unspecified atom stereocenters. The SMILES string of the molecule is COc1cccc(N(C)C(c2ccccc2)C(O)C(=O)O)c1. The molecule has 2 aromatic carbocycles. The van der Waals surface area contributed by atoms with Gasteiger partial charge in [-0.25, -0.2) is 4.79 Å². The average Bonchev–Trinajstić information content (AvgIpc) is 2.55. The smallest absolute Gasteiger partial charge is 0.335 e. The maximum absolute atomic E-state index is 11.3. The van der Waals surface area contributed by atoms with E-state index in [2.05, 4.69) is 0 Å². The van der Waals surface area contributed by atoms with E-state index in [1.165, 1.54) is 0 Å². The lowest BCUT2D eigenvalue weighted by atomic mass is 9.99. The monoisotopic (exact) mass is 301 g/mol. The van der Waals surface area contributed by atoms with Crippen molar-refractivity contribution in [3.63, 3.8) is 0 Å². The van der Waals surface area contributed by atoms with E-state index >= 15 is 0 Å². The van der Waals surface area contributed by atoms with Gasteiger partial charge in [-0.2, -0.15) is 0 Å². The zero-order valence-electron chi connectivity index (χ0n) is 12.5. The second-order valence-electron chi connectivity index (χ2n) is 4.95. The van der Waals surface area contributed by atoms with Crippen molar-refractivity contribution in [1.29, 1.82) is 0 Å². The molecule has 2 atom stereocenters. The van der Waals surface area contributed by atoms with Crippen molar-refractivity contribution < 1.29 is 19.7 Å². The maximum atomic E-state index is 11.3. The van der Waals surface area contributed by atoms with Crippen LogP contribution in [0.3, 0.4) is 0 Å². The highest BCUT2D eigenvalue weighted by atomic mass is 16.5. The Kier molecular flexibility index (Phi) is 5.01. The molecule has 0 radical (unpaired) electrons. The van der Waals surface area contributed by atoms with Crippen LogP contribution in [0.1, 0.15) is 11.6 Å². The standard InChI is InChI=1S/C17H19NO4/c1-18(13-9-6-10-14(11-13)22-2)15(16(19)17(20)21)12-7-4-3-5-8-12/h3-11,15-16,19H,1-2H3,(H,20,21). The number of aliphatic hydroxyl groups is 1. The molecular weight excluding hydrogens is 282 g/mol. The number of anilines is 1. The third kappa shape index (κ3) is 3.38. The Morgan fingerprint density at radius 2 is 1.82 bits per heavy atom.